The van der Waals surface area contributed by atoms with E-state index in [0.717, 1.165) is 5.92 Å². The summed E-state index contributed by atoms with van der Waals surface area (Å²) in [6, 6.07) is 0.704. The molecule has 76 valence electrons. The highest BCUT2D eigenvalue weighted by Gasteiger charge is 2.21. The van der Waals surface area contributed by atoms with Gasteiger partial charge in [-0.25, -0.2) is 0 Å². The maximum atomic E-state index is 3.50. The van der Waals surface area contributed by atoms with Gasteiger partial charge in [0.1, 0.15) is 0 Å². The fourth-order valence-corrected chi connectivity index (χ4v) is 2.74. The van der Waals surface area contributed by atoms with Crippen LogP contribution >= 0.6 is 0 Å². The standard InChI is InChI=1S/C11H22N2/c1-10-8-13(7-6-12-10)9-11-4-2-3-5-11/h10-12H,2-9H2,1H3/t10-/m0/s1. The molecule has 2 heteroatoms. The molecule has 0 spiro atoms. The van der Waals surface area contributed by atoms with Crippen molar-refractivity contribution >= 4 is 0 Å². The summed E-state index contributed by atoms with van der Waals surface area (Å²) in [5.41, 5.74) is 0. The molecule has 0 radical (unpaired) electrons. The highest BCUT2D eigenvalue weighted by molar-refractivity contribution is 4.78. The van der Waals surface area contributed by atoms with Crippen molar-refractivity contribution in [3.05, 3.63) is 0 Å². The number of hydrogen-bond acceptors (Lipinski definition) is 2. The molecule has 2 fully saturated rings. The Morgan fingerprint density at radius 3 is 2.77 bits per heavy atom. The third-order valence-corrected chi connectivity index (χ3v) is 3.44. The fraction of sp³-hybridized carbons (Fsp3) is 1.00. The number of nitrogens with one attached hydrogen (secondary N) is 1. The molecule has 0 aromatic rings. The van der Waals surface area contributed by atoms with Crippen LogP contribution < -0.4 is 5.32 Å². The van der Waals surface area contributed by atoms with Crippen molar-refractivity contribution in [1.29, 1.82) is 0 Å². The van der Waals surface area contributed by atoms with Gasteiger partial charge in [0.2, 0.25) is 0 Å². The van der Waals surface area contributed by atoms with Gasteiger partial charge in [-0.15, -0.1) is 0 Å². The molecule has 2 aliphatic rings. The molecule has 1 saturated carbocycles. The molecule has 1 aliphatic heterocycles. The van der Waals surface area contributed by atoms with Crippen LogP contribution in [-0.2, 0) is 0 Å². The molecule has 2 nitrogen and oxygen atoms in total. The third kappa shape index (κ3) is 2.68. The molecule has 0 bridgehead atoms. The molecule has 1 atom stereocenters. The zero-order valence-electron chi connectivity index (χ0n) is 8.76. The lowest BCUT2D eigenvalue weighted by Crippen LogP contribution is -2.50. The first-order valence-corrected chi connectivity index (χ1v) is 5.80. The quantitative estimate of drug-likeness (QED) is 0.695. The summed E-state index contributed by atoms with van der Waals surface area (Å²) in [7, 11) is 0. The van der Waals surface area contributed by atoms with E-state index in [1.54, 1.807) is 0 Å². The van der Waals surface area contributed by atoms with Gasteiger partial charge in [-0.2, -0.15) is 0 Å². The van der Waals surface area contributed by atoms with Crippen LogP contribution in [0.15, 0.2) is 0 Å². The molecule has 0 aromatic heterocycles. The lowest BCUT2D eigenvalue weighted by Gasteiger charge is -2.33. The van der Waals surface area contributed by atoms with Crippen LogP contribution in [0.5, 0.6) is 0 Å². The summed E-state index contributed by atoms with van der Waals surface area (Å²) in [6.45, 7) is 7.37. The number of rotatable bonds is 2. The Bertz CT molecular complexity index is 152. The molecule has 13 heavy (non-hydrogen) atoms. The van der Waals surface area contributed by atoms with Gasteiger partial charge in [0, 0.05) is 32.2 Å². The number of hydrogen-bond donors (Lipinski definition) is 1. The van der Waals surface area contributed by atoms with Crippen molar-refractivity contribution in [3.63, 3.8) is 0 Å². The average molecular weight is 182 g/mol. The summed E-state index contributed by atoms with van der Waals surface area (Å²) in [4.78, 5) is 2.65. The smallest absolute Gasteiger partial charge is 0.0167 e. The Morgan fingerprint density at radius 2 is 2.08 bits per heavy atom. The maximum absolute atomic E-state index is 3.50. The van der Waals surface area contributed by atoms with Gasteiger partial charge < -0.3 is 10.2 Å². The van der Waals surface area contributed by atoms with Gasteiger partial charge in [-0.1, -0.05) is 12.8 Å². The monoisotopic (exact) mass is 182 g/mol. The van der Waals surface area contributed by atoms with E-state index in [1.807, 2.05) is 0 Å². The minimum Gasteiger partial charge on any atom is -0.312 e. The minimum atomic E-state index is 0.704. The maximum Gasteiger partial charge on any atom is 0.0167 e. The Balaban J connectivity index is 1.73. The van der Waals surface area contributed by atoms with Crippen molar-refractivity contribution in [1.82, 2.24) is 10.2 Å². The van der Waals surface area contributed by atoms with Gasteiger partial charge in [0.15, 0.2) is 0 Å². The molecule has 1 aliphatic carbocycles. The molecule has 1 saturated heterocycles. The minimum absolute atomic E-state index is 0.704. The number of piperazine rings is 1. The zero-order chi connectivity index (χ0) is 9.10. The first kappa shape index (κ1) is 9.47. The van der Waals surface area contributed by atoms with Crippen LogP contribution in [-0.4, -0.2) is 37.1 Å². The second kappa shape index (κ2) is 4.43. The SMILES string of the molecule is C[C@H]1CN(CC2CCCC2)CCN1. The van der Waals surface area contributed by atoms with E-state index < -0.39 is 0 Å². The van der Waals surface area contributed by atoms with Crippen molar-refractivity contribution in [2.24, 2.45) is 5.92 Å². The Labute approximate surface area is 81.7 Å². The van der Waals surface area contributed by atoms with Gasteiger partial charge in [0.05, 0.1) is 0 Å². The van der Waals surface area contributed by atoms with Crippen molar-refractivity contribution < 1.29 is 0 Å². The van der Waals surface area contributed by atoms with E-state index in [1.165, 1.54) is 51.9 Å². The van der Waals surface area contributed by atoms with E-state index in [9.17, 15) is 0 Å². The van der Waals surface area contributed by atoms with Crippen LogP contribution in [0.2, 0.25) is 0 Å². The van der Waals surface area contributed by atoms with E-state index in [4.69, 9.17) is 0 Å². The van der Waals surface area contributed by atoms with E-state index in [2.05, 4.69) is 17.1 Å². The summed E-state index contributed by atoms with van der Waals surface area (Å²) < 4.78 is 0. The highest BCUT2D eigenvalue weighted by Crippen LogP contribution is 2.25. The molecular weight excluding hydrogens is 160 g/mol. The molecule has 0 unspecified atom stereocenters. The Hall–Kier alpha value is -0.0800. The van der Waals surface area contributed by atoms with Gasteiger partial charge >= 0.3 is 0 Å². The summed E-state index contributed by atoms with van der Waals surface area (Å²) in [5, 5.41) is 3.50. The van der Waals surface area contributed by atoms with Gasteiger partial charge in [-0.05, 0) is 25.7 Å². The normalized spacial score (nSPS) is 32.5. The van der Waals surface area contributed by atoms with E-state index in [-0.39, 0.29) is 0 Å². The fourth-order valence-electron chi connectivity index (χ4n) is 2.74. The van der Waals surface area contributed by atoms with Gasteiger partial charge in [-0.3, -0.25) is 0 Å². The van der Waals surface area contributed by atoms with Gasteiger partial charge in [0.25, 0.3) is 0 Å². The molecule has 2 rings (SSSR count). The lowest BCUT2D eigenvalue weighted by atomic mass is 10.1. The molecule has 1 heterocycles. The highest BCUT2D eigenvalue weighted by atomic mass is 15.2. The first-order valence-electron chi connectivity index (χ1n) is 5.80. The number of nitrogens with zero attached hydrogens (tertiary/aromatic N) is 1. The van der Waals surface area contributed by atoms with E-state index in [0.29, 0.717) is 6.04 Å². The molecular formula is C11H22N2. The first-order chi connectivity index (χ1) is 6.34. The summed E-state index contributed by atoms with van der Waals surface area (Å²) >= 11 is 0. The van der Waals surface area contributed by atoms with Crippen molar-refractivity contribution in [3.8, 4) is 0 Å². The summed E-state index contributed by atoms with van der Waals surface area (Å²) in [6.07, 6.45) is 5.93. The zero-order valence-corrected chi connectivity index (χ0v) is 8.76. The second-order valence-corrected chi connectivity index (χ2v) is 4.77. The van der Waals surface area contributed by atoms with Crippen LogP contribution in [0.1, 0.15) is 32.6 Å². The average Bonchev–Trinajstić information content (AvgIpc) is 2.57. The van der Waals surface area contributed by atoms with Crippen molar-refractivity contribution in [2.75, 3.05) is 26.2 Å². The van der Waals surface area contributed by atoms with Crippen LogP contribution in [0.4, 0.5) is 0 Å². The van der Waals surface area contributed by atoms with Crippen LogP contribution in [0, 0.1) is 5.92 Å². The molecule has 0 aromatic carbocycles. The predicted octanol–water partition coefficient (Wildman–Crippen LogP) is 1.47. The Morgan fingerprint density at radius 1 is 1.31 bits per heavy atom. The van der Waals surface area contributed by atoms with Crippen LogP contribution in [0.25, 0.3) is 0 Å². The molecule has 1 N–H and O–H groups in total. The van der Waals surface area contributed by atoms with E-state index >= 15 is 0 Å². The predicted molar refractivity (Wildman–Crippen MR) is 55.9 cm³/mol. The van der Waals surface area contributed by atoms with Crippen molar-refractivity contribution in [2.45, 2.75) is 38.6 Å². The largest absolute Gasteiger partial charge is 0.312 e. The Kier molecular flexibility index (Phi) is 3.23. The molecule has 0 amide bonds. The topological polar surface area (TPSA) is 15.3 Å². The van der Waals surface area contributed by atoms with Crippen LogP contribution in [0.3, 0.4) is 0 Å². The lowest BCUT2D eigenvalue weighted by molar-refractivity contribution is 0.179. The third-order valence-electron chi connectivity index (χ3n) is 3.44. The second-order valence-electron chi connectivity index (χ2n) is 4.77. The summed E-state index contributed by atoms with van der Waals surface area (Å²) in [5.74, 6) is 1.02.